The van der Waals surface area contributed by atoms with Crippen molar-refractivity contribution in [2.24, 2.45) is 5.73 Å². The summed E-state index contributed by atoms with van der Waals surface area (Å²) < 4.78 is 7.98. The van der Waals surface area contributed by atoms with Gasteiger partial charge >= 0.3 is 0 Å². The minimum Gasteiger partial charge on any atom is -0.497 e. The van der Waals surface area contributed by atoms with Crippen molar-refractivity contribution in [3.8, 4) is 11.4 Å². The lowest BCUT2D eigenvalue weighted by Gasteiger charge is -2.03. The van der Waals surface area contributed by atoms with E-state index in [0.29, 0.717) is 6.54 Å². The summed E-state index contributed by atoms with van der Waals surface area (Å²) in [6.45, 7) is 0.591. The third-order valence-electron chi connectivity index (χ3n) is 2.44. The van der Waals surface area contributed by atoms with Crippen LogP contribution in [-0.2, 0) is 6.42 Å². The van der Waals surface area contributed by atoms with E-state index in [-0.39, 0.29) is 0 Å². The molecule has 4 nitrogen and oxygen atoms in total. The monoisotopic (exact) mass is 295 g/mol. The first kappa shape index (κ1) is 12.1. The van der Waals surface area contributed by atoms with Crippen LogP contribution in [0.25, 0.3) is 5.69 Å². The second-order valence-electron chi connectivity index (χ2n) is 3.61. The van der Waals surface area contributed by atoms with E-state index < -0.39 is 0 Å². The minimum atomic E-state index is 0.591. The van der Waals surface area contributed by atoms with Gasteiger partial charge in [-0.1, -0.05) is 6.07 Å². The topological polar surface area (TPSA) is 53.1 Å². The van der Waals surface area contributed by atoms with E-state index in [1.165, 1.54) is 0 Å². The first-order chi connectivity index (χ1) is 8.24. The summed E-state index contributed by atoms with van der Waals surface area (Å²) in [6, 6.07) is 7.76. The first-order valence-electron chi connectivity index (χ1n) is 5.33. The van der Waals surface area contributed by atoms with Crippen LogP contribution in [0.3, 0.4) is 0 Å². The Morgan fingerprint density at radius 1 is 1.47 bits per heavy atom. The molecule has 0 atom stereocenters. The van der Waals surface area contributed by atoms with Gasteiger partial charge in [0.05, 0.1) is 23.0 Å². The molecular weight excluding hydrogens is 282 g/mol. The van der Waals surface area contributed by atoms with Crippen molar-refractivity contribution in [3.05, 3.63) is 40.6 Å². The molecule has 2 N–H and O–H groups in total. The molecule has 0 fully saturated rings. The number of ether oxygens (including phenoxy) is 1. The van der Waals surface area contributed by atoms with Gasteiger partial charge in [-0.05, 0) is 34.6 Å². The molecule has 0 aliphatic carbocycles. The van der Waals surface area contributed by atoms with Crippen LogP contribution in [0.1, 0.15) is 5.69 Å². The maximum absolute atomic E-state index is 5.53. The van der Waals surface area contributed by atoms with Crippen LogP contribution in [0, 0.1) is 0 Å². The first-order valence-corrected chi connectivity index (χ1v) is 6.12. The maximum atomic E-state index is 5.53. The number of rotatable bonds is 4. The summed E-state index contributed by atoms with van der Waals surface area (Å²) in [5.41, 5.74) is 7.47. The Labute approximate surface area is 109 Å². The molecule has 2 aromatic rings. The fourth-order valence-electron chi connectivity index (χ4n) is 1.58. The highest BCUT2D eigenvalue weighted by Crippen LogP contribution is 2.20. The van der Waals surface area contributed by atoms with E-state index in [1.54, 1.807) is 7.11 Å². The van der Waals surface area contributed by atoms with Gasteiger partial charge in [-0.3, -0.25) is 0 Å². The Hall–Kier alpha value is -1.33. The second kappa shape index (κ2) is 5.33. The van der Waals surface area contributed by atoms with E-state index in [9.17, 15) is 0 Å². The number of hydrogen-bond acceptors (Lipinski definition) is 3. The molecule has 90 valence electrons. The molecule has 0 unspecified atom stereocenters. The predicted octanol–water partition coefficient (Wildman–Crippen LogP) is 2.14. The van der Waals surface area contributed by atoms with Gasteiger partial charge in [0, 0.05) is 18.7 Å². The van der Waals surface area contributed by atoms with E-state index in [1.807, 2.05) is 35.1 Å². The van der Waals surface area contributed by atoms with Gasteiger partial charge in [0.2, 0.25) is 0 Å². The highest BCUT2D eigenvalue weighted by Gasteiger charge is 2.07. The van der Waals surface area contributed by atoms with Crippen LogP contribution in [0.5, 0.6) is 5.75 Å². The van der Waals surface area contributed by atoms with Crippen molar-refractivity contribution in [2.75, 3.05) is 13.7 Å². The summed E-state index contributed by atoms with van der Waals surface area (Å²) in [5.74, 6) is 0.814. The number of nitrogens with two attached hydrogens (primary N) is 1. The smallest absolute Gasteiger partial charge is 0.121 e. The van der Waals surface area contributed by atoms with Gasteiger partial charge < -0.3 is 10.5 Å². The number of nitrogens with zero attached hydrogens (tertiary/aromatic N) is 2. The van der Waals surface area contributed by atoms with Crippen LogP contribution >= 0.6 is 15.9 Å². The summed E-state index contributed by atoms with van der Waals surface area (Å²) in [5, 5.41) is 4.48. The maximum Gasteiger partial charge on any atom is 0.121 e. The normalized spacial score (nSPS) is 10.5. The molecule has 0 radical (unpaired) electrons. The number of benzene rings is 1. The van der Waals surface area contributed by atoms with Gasteiger partial charge in [-0.2, -0.15) is 5.10 Å². The average molecular weight is 296 g/mol. The quantitative estimate of drug-likeness (QED) is 0.940. The summed E-state index contributed by atoms with van der Waals surface area (Å²) >= 11 is 3.48. The van der Waals surface area contributed by atoms with Crippen molar-refractivity contribution in [1.82, 2.24) is 9.78 Å². The molecule has 0 saturated carbocycles. The molecule has 0 bridgehead atoms. The average Bonchev–Trinajstić information content (AvgIpc) is 2.72. The van der Waals surface area contributed by atoms with Crippen molar-refractivity contribution in [3.63, 3.8) is 0 Å². The molecule has 2 rings (SSSR count). The highest BCUT2D eigenvalue weighted by molar-refractivity contribution is 9.10. The van der Waals surface area contributed by atoms with Gasteiger partial charge in [-0.25, -0.2) is 4.68 Å². The summed E-state index contributed by atoms with van der Waals surface area (Å²) in [4.78, 5) is 0. The van der Waals surface area contributed by atoms with E-state index >= 15 is 0 Å². The van der Waals surface area contributed by atoms with Crippen molar-refractivity contribution in [1.29, 1.82) is 0 Å². The van der Waals surface area contributed by atoms with Crippen LogP contribution in [-0.4, -0.2) is 23.4 Å². The summed E-state index contributed by atoms with van der Waals surface area (Å²) in [7, 11) is 1.65. The van der Waals surface area contributed by atoms with Crippen LogP contribution < -0.4 is 10.5 Å². The van der Waals surface area contributed by atoms with Crippen LogP contribution in [0.4, 0.5) is 0 Å². The zero-order valence-corrected chi connectivity index (χ0v) is 11.1. The SMILES string of the molecule is COc1cccc(-n2cc(Br)c(CCN)n2)c1. The third kappa shape index (κ3) is 2.68. The third-order valence-corrected chi connectivity index (χ3v) is 3.10. The zero-order valence-electron chi connectivity index (χ0n) is 9.56. The molecule has 1 aromatic heterocycles. The zero-order chi connectivity index (χ0) is 12.3. The van der Waals surface area contributed by atoms with Crippen LogP contribution in [0.15, 0.2) is 34.9 Å². The van der Waals surface area contributed by atoms with Gasteiger partial charge in [0.1, 0.15) is 5.75 Å². The van der Waals surface area contributed by atoms with E-state index in [4.69, 9.17) is 10.5 Å². The minimum absolute atomic E-state index is 0.591. The molecule has 0 spiro atoms. The standard InChI is InChI=1S/C12H14BrN3O/c1-17-10-4-2-3-9(7-10)16-8-11(13)12(15-16)5-6-14/h2-4,7-8H,5-6,14H2,1H3. The second-order valence-corrected chi connectivity index (χ2v) is 4.46. The van der Waals surface area contributed by atoms with Crippen molar-refractivity contribution in [2.45, 2.75) is 6.42 Å². The van der Waals surface area contributed by atoms with Gasteiger partial charge in [0.15, 0.2) is 0 Å². The Morgan fingerprint density at radius 2 is 2.29 bits per heavy atom. The van der Waals surface area contributed by atoms with Crippen LogP contribution in [0.2, 0.25) is 0 Å². The molecular formula is C12H14BrN3O. The summed E-state index contributed by atoms with van der Waals surface area (Å²) in [6.07, 6.45) is 2.69. The molecule has 0 amide bonds. The lowest BCUT2D eigenvalue weighted by molar-refractivity contribution is 0.414. The Morgan fingerprint density at radius 3 is 3.00 bits per heavy atom. The lowest BCUT2D eigenvalue weighted by Crippen LogP contribution is -2.04. The van der Waals surface area contributed by atoms with Gasteiger partial charge in [0.25, 0.3) is 0 Å². The molecule has 0 saturated heterocycles. The number of methoxy groups -OCH3 is 1. The number of hydrogen-bond donors (Lipinski definition) is 1. The largest absolute Gasteiger partial charge is 0.497 e. The lowest BCUT2D eigenvalue weighted by atomic mass is 10.3. The molecule has 17 heavy (non-hydrogen) atoms. The number of aromatic nitrogens is 2. The number of halogens is 1. The Kier molecular flexibility index (Phi) is 3.81. The molecule has 1 heterocycles. The van der Waals surface area contributed by atoms with Crippen molar-refractivity contribution < 1.29 is 4.74 Å². The fourth-order valence-corrected chi connectivity index (χ4v) is 2.05. The fraction of sp³-hybridized carbons (Fsp3) is 0.250. The predicted molar refractivity (Wildman–Crippen MR) is 70.6 cm³/mol. The van der Waals surface area contributed by atoms with Gasteiger partial charge in [-0.15, -0.1) is 0 Å². The molecule has 0 aliphatic heterocycles. The van der Waals surface area contributed by atoms with E-state index in [2.05, 4.69) is 21.0 Å². The van der Waals surface area contributed by atoms with Crippen molar-refractivity contribution >= 4 is 15.9 Å². The molecule has 0 aliphatic rings. The highest BCUT2D eigenvalue weighted by atomic mass is 79.9. The Balaban J connectivity index is 2.35. The van der Waals surface area contributed by atoms with E-state index in [0.717, 1.165) is 28.0 Å². The Bertz CT molecular complexity index is 510. The molecule has 5 heteroatoms. The molecule has 1 aromatic carbocycles.